The molecular formula is C15H14Br2OS. The molecule has 4 heteroatoms. The van der Waals surface area contributed by atoms with Crippen LogP contribution in [-0.4, -0.2) is 5.11 Å². The maximum Gasteiger partial charge on any atom is 0.114 e. The van der Waals surface area contributed by atoms with Gasteiger partial charge in [0.2, 0.25) is 0 Å². The van der Waals surface area contributed by atoms with Gasteiger partial charge < -0.3 is 5.11 Å². The van der Waals surface area contributed by atoms with Gasteiger partial charge in [0.05, 0.1) is 0 Å². The zero-order valence-corrected chi connectivity index (χ0v) is 14.5. The number of rotatable bonds is 2. The first-order valence-electron chi connectivity index (χ1n) is 6.31. The number of hydrogen-bond acceptors (Lipinski definition) is 2. The fraction of sp³-hybridized carbons (Fsp3) is 0.333. The van der Waals surface area contributed by atoms with E-state index in [-0.39, 0.29) is 0 Å². The summed E-state index contributed by atoms with van der Waals surface area (Å²) >= 11 is 8.85. The molecule has 1 aromatic carbocycles. The zero-order valence-electron chi connectivity index (χ0n) is 10.5. The molecule has 1 aliphatic carbocycles. The lowest BCUT2D eigenvalue weighted by Crippen LogP contribution is -1.99. The molecule has 0 spiro atoms. The first-order chi connectivity index (χ1) is 9.06. The van der Waals surface area contributed by atoms with Gasteiger partial charge in [0.15, 0.2) is 0 Å². The first kappa shape index (κ1) is 13.8. The van der Waals surface area contributed by atoms with Crippen molar-refractivity contribution in [1.82, 2.24) is 0 Å². The van der Waals surface area contributed by atoms with E-state index in [1.807, 2.05) is 19.1 Å². The van der Waals surface area contributed by atoms with E-state index in [2.05, 4.69) is 37.9 Å². The van der Waals surface area contributed by atoms with Gasteiger partial charge in [-0.05, 0) is 55.5 Å². The number of fused-ring (bicyclic) bond motifs is 1. The van der Waals surface area contributed by atoms with E-state index in [4.69, 9.17) is 0 Å². The number of benzene rings is 1. The summed E-state index contributed by atoms with van der Waals surface area (Å²) in [5.41, 5.74) is 3.52. The fourth-order valence-electron chi connectivity index (χ4n) is 2.51. The van der Waals surface area contributed by atoms with Gasteiger partial charge in [-0.1, -0.05) is 31.9 Å². The van der Waals surface area contributed by atoms with Crippen LogP contribution in [0.2, 0.25) is 0 Å². The van der Waals surface area contributed by atoms with Gasteiger partial charge in [0, 0.05) is 24.3 Å². The van der Waals surface area contributed by atoms with Crippen LogP contribution in [0.25, 0.3) is 0 Å². The fourth-order valence-corrected chi connectivity index (χ4v) is 4.81. The van der Waals surface area contributed by atoms with E-state index in [9.17, 15) is 5.11 Å². The normalized spacial score (nSPS) is 15.6. The second kappa shape index (κ2) is 5.32. The second-order valence-corrected chi connectivity index (χ2v) is 7.85. The Balaban J connectivity index is 1.99. The van der Waals surface area contributed by atoms with Gasteiger partial charge >= 0.3 is 0 Å². The molecule has 1 atom stereocenters. The van der Waals surface area contributed by atoms with Crippen molar-refractivity contribution in [2.75, 3.05) is 0 Å². The van der Waals surface area contributed by atoms with Crippen LogP contribution in [0.15, 0.2) is 27.1 Å². The molecule has 1 N–H and O–H groups in total. The van der Waals surface area contributed by atoms with E-state index < -0.39 is 6.10 Å². The molecule has 0 fully saturated rings. The van der Waals surface area contributed by atoms with Gasteiger partial charge in [-0.25, -0.2) is 0 Å². The molecule has 0 radical (unpaired) electrons. The molecule has 1 aliphatic rings. The van der Waals surface area contributed by atoms with Crippen molar-refractivity contribution < 1.29 is 5.11 Å². The van der Waals surface area contributed by atoms with E-state index in [0.29, 0.717) is 0 Å². The molecule has 100 valence electrons. The Kier molecular flexibility index (Phi) is 3.87. The number of aryl methyl sites for hydroxylation is 3. The van der Waals surface area contributed by atoms with Crippen molar-refractivity contribution in [3.05, 3.63) is 53.6 Å². The van der Waals surface area contributed by atoms with Crippen LogP contribution in [0.1, 0.15) is 39.0 Å². The highest BCUT2D eigenvalue weighted by Crippen LogP contribution is 2.39. The Morgan fingerprint density at radius 2 is 1.95 bits per heavy atom. The Hall–Kier alpha value is -0.160. The molecule has 0 bridgehead atoms. The summed E-state index contributed by atoms with van der Waals surface area (Å²) in [6.45, 7) is 2.05. The summed E-state index contributed by atoms with van der Waals surface area (Å²) in [7, 11) is 0. The highest BCUT2D eigenvalue weighted by molar-refractivity contribution is 9.11. The van der Waals surface area contributed by atoms with Gasteiger partial charge in [0.1, 0.15) is 6.10 Å². The van der Waals surface area contributed by atoms with E-state index in [1.165, 1.54) is 23.3 Å². The summed E-state index contributed by atoms with van der Waals surface area (Å²) in [6, 6.07) is 6.23. The molecule has 19 heavy (non-hydrogen) atoms. The standard InChI is InChI=1S/C15H14Br2OS/c1-8-5-12(17)10(7-11(8)16)15(18)14-6-9-3-2-4-13(9)19-14/h5-7,15,18H,2-4H2,1H3. The molecule has 1 unspecified atom stereocenters. The highest BCUT2D eigenvalue weighted by Gasteiger charge is 2.21. The van der Waals surface area contributed by atoms with Crippen LogP contribution >= 0.6 is 43.2 Å². The molecule has 2 aromatic rings. The minimum absolute atomic E-state index is 0.540. The maximum atomic E-state index is 10.6. The highest BCUT2D eigenvalue weighted by atomic mass is 79.9. The van der Waals surface area contributed by atoms with E-state index in [1.54, 1.807) is 11.3 Å². The van der Waals surface area contributed by atoms with Crippen molar-refractivity contribution in [3.8, 4) is 0 Å². The van der Waals surface area contributed by atoms with Crippen LogP contribution in [0, 0.1) is 6.92 Å². The van der Waals surface area contributed by atoms with Crippen molar-refractivity contribution >= 4 is 43.2 Å². The molecular weight excluding hydrogens is 388 g/mol. The molecule has 0 aliphatic heterocycles. The number of thiophene rings is 1. The monoisotopic (exact) mass is 400 g/mol. The quantitative estimate of drug-likeness (QED) is 0.737. The average Bonchev–Trinajstić information content (AvgIpc) is 2.93. The van der Waals surface area contributed by atoms with Crippen molar-refractivity contribution in [1.29, 1.82) is 0 Å². The Bertz CT molecular complexity index is 612. The van der Waals surface area contributed by atoms with Crippen LogP contribution in [-0.2, 0) is 12.8 Å². The summed E-state index contributed by atoms with van der Waals surface area (Å²) in [5.74, 6) is 0. The number of halogens is 2. The van der Waals surface area contributed by atoms with E-state index >= 15 is 0 Å². The van der Waals surface area contributed by atoms with Crippen LogP contribution in [0.3, 0.4) is 0 Å². The zero-order chi connectivity index (χ0) is 13.6. The summed E-state index contributed by atoms with van der Waals surface area (Å²) in [5, 5.41) is 10.6. The lowest BCUT2D eigenvalue weighted by Gasteiger charge is -2.13. The van der Waals surface area contributed by atoms with Crippen molar-refractivity contribution in [2.45, 2.75) is 32.3 Å². The first-order valence-corrected chi connectivity index (χ1v) is 8.71. The predicted octanol–water partition coefficient (Wildman–Crippen LogP) is 5.15. The largest absolute Gasteiger partial charge is 0.383 e. The molecule has 0 amide bonds. The van der Waals surface area contributed by atoms with Crippen LogP contribution < -0.4 is 0 Å². The van der Waals surface area contributed by atoms with Gasteiger partial charge in [-0.3, -0.25) is 0 Å². The van der Waals surface area contributed by atoms with Crippen LogP contribution in [0.4, 0.5) is 0 Å². The van der Waals surface area contributed by atoms with Crippen molar-refractivity contribution in [2.24, 2.45) is 0 Å². The third-order valence-corrected chi connectivity index (χ3v) is 6.44. The minimum Gasteiger partial charge on any atom is -0.383 e. The number of hydrogen-bond donors (Lipinski definition) is 1. The lowest BCUT2D eigenvalue weighted by molar-refractivity contribution is 0.223. The smallest absolute Gasteiger partial charge is 0.114 e. The molecule has 0 saturated heterocycles. The molecule has 1 aromatic heterocycles. The minimum atomic E-state index is -0.540. The van der Waals surface area contributed by atoms with Gasteiger partial charge in [-0.15, -0.1) is 11.3 Å². The third kappa shape index (κ3) is 2.56. The number of aliphatic hydroxyl groups excluding tert-OH is 1. The Morgan fingerprint density at radius 3 is 2.68 bits per heavy atom. The molecule has 1 nitrogen and oxygen atoms in total. The van der Waals surface area contributed by atoms with E-state index in [0.717, 1.165) is 31.4 Å². The van der Waals surface area contributed by atoms with Gasteiger partial charge in [0.25, 0.3) is 0 Å². The summed E-state index contributed by atoms with van der Waals surface area (Å²) in [4.78, 5) is 2.51. The lowest BCUT2D eigenvalue weighted by atomic mass is 10.1. The maximum absolute atomic E-state index is 10.6. The van der Waals surface area contributed by atoms with Gasteiger partial charge in [-0.2, -0.15) is 0 Å². The Labute approximate surface area is 133 Å². The molecule has 3 rings (SSSR count). The summed E-state index contributed by atoms with van der Waals surface area (Å²) in [6.07, 6.45) is 3.06. The van der Waals surface area contributed by atoms with Crippen molar-refractivity contribution in [3.63, 3.8) is 0 Å². The number of aliphatic hydroxyl groups is 1. The topological polar surface area (TPSA) is 20.2 Å². The van der Waals surface area contributed by atoms with Crippen LogP contribution in [0.5, 0.6) is 0 Å². The Morgan fingerprint density at radius 1 is 1.16 bits per heavy atom. The average molecular weight is 402 g/mol. The SMILES string of the molecule is Cc1cc(Br)c(C(O)c2cc3c(s2)CCC3)cc1Br. The third-order valence-electron chi connectivity index (χ3n) is 3.61. The second-order valence-electron chi connectivity index (χ2n) is 4.98. The predicted molar refractivity (Wildman–Crippen MR) is 87.0 cm³/mol. The summed E-state index contributed by atoms with van der Waals surface area (Å²) < 4.78 is 2.00. The molecule has 0 saturated carbocycles. The molecule has 1 heterocycles.